The number of aromatic nitrogens is 2. The van der Waals surface area contributed by atoms with E-state index < -0.39 is 0 Å². The Kier molecular flexibility index (Phi) is 5.00. The maximum absolute atomic E-state index is 9.87. The number of hydrogen-bond donors (Lipinski definition) is 1. The summed E-state index contributed by atoms with van der Waals surface area (Å²) in [7, 11) is 0. The first-order valence-electron chi connectivity index (χ1n) is 11.5. The molecule has 0 saturated heterocycles. The second kappa shape index (κ2) is 7.68. The van der Waals surface area contributed by atoms with E-state index in [1.54, 1.807) is 0 Å². The second-order valence-electron chi connectivity index (χ2n) is 9.56. The van der Waals surface area contributed by atoms with Gasteiger partial charge in [-0.2, -0.15) is 15.3 Å². The van der Waals surface area contributed by atoms with Crippen LogP contribution in [0.3, 0.4) is 0 Å². The Morgan fingerprint density at radius 1 is 1.23 bits per heavy atom. The number of benzene rings is 1. The van der Waals surface area contributed by atoms with E-state index in [1.165, 1.54) is 42.5 Å². The molecule has 4 atom stereocenters. The first kappa shape index (κ1) is 19.5. The van der Waals surface area contributed by atoms with Crippen LogP contribution in [0.4, 0.5) is 0 Å². The number of rotatable bonds is 4. The highest BCUT2D eigenvalue weighted by molar-refractivity contribution is 5.93. The van der Waals surface area contributed by atoms with E-state index in [2.05, 4.69) is 30.1 Å². The van der Waals surface area contributed by atoms with Gasteiger partial charge in [-0.05, 0) is 92.0 Å². The van der Waals surface area contributed by atoms with Crippen molar-refractivity contribution in [3.05, 3.63) is 47.3 Å². The fourth-order valence-corrected chi connectivity index (χ4v) is 6.53. The molecule has 3 aliphatic carbocycles. The summed E-state index contributed by atoms with van der Waals surface area (Å²) < 4.78 is 1.99. The highest BCUT2D eigenvalue weighted by Crippen LogP contribution is 2.60. The van der Waals surface area contributed by atoms with Crippen LogP contribution >= 0.6 is 0 Å². The van der Waals surface area contributed by atoms with Crippen LogP contribution in [0, 0.1) is 17.3 Å². The molecule has 3 aliphatic rings. The minimum atomic E-state index is 0.177. The summed E-state index contributed by atoms with van der Waals surface area (Å²) in [6.07, 6.45) is 11.8. The van der Waals surface area contributed by atoms with Gasteiger partial charge in [-0.3, -0.25) is 4.68 Å². The van der Waals surface area contributed by atoms with Crippen LogP contribution in [0.2, 0.25) is 0 Å². The van der Waals surface area contributed by atoms with Crippen LogP contribution in [-0.2, 0) is 13.0 Å². The molecule has 5 heteroatoms. The molecule has 2 saturated carbocycles. The van der Waals surface area contributed by atoms with Crippen LogP contribution < -0.4 is 0 Å². The summed E-state index contributed by atoms with van der Waals surface area (Å²) in [4.78, 5) is 0. The molecule has 2 aromatic rings. The lowest BCUT2D eigenvalue weighted by atomic mass is 9.55. The molecule has 5 rings (SSSR count). The first-order chi connectivity index (χ1) is 14.6. The van der Waals surface area contributed by atoms with Crippen molar-refractivity contribution in [2.45, 2.75) is 71.3 Å². The van der Waals surface area contributed by atoms with E-state index in [9.17, 15) is 5.11 Å². The fourth-order valence-electron chi connectivity index (χ4n) is 6.53. The zero-order valence-corrected chi connectivity index (χ0v) is 18.1. The van der Waals surface area contributed by atoms with Gasteiger partial charge in [-0.1, -0.05) is 19.9 Å². The molecule has 2 fully saturated rings. The summed E-state index contributed by atoms with van der Waals surface area (Å²) >= 11 is 0. The normalized spacial score (nSPS) is 31.7. The van der Waals surface area contributed by atoms with Crippen molar-refractivity contribution in [3.63, 3.8) is 0 Å². The maximum atomic E-state index is 9.87. The van der Waals surface area contributed by atoms with Gasteiger partial charge < -0.3 is 5.11 Å². The highest BCUT2D eigenvalue weighted by Gasteiger charge is 2.53. The third-order valence-electron chi connectivity index (χ3n) is 8.00. The molecule has 0 radical (unpaired) electrons. The summed E-state index contributed by atoms with van der Waals surface area (Å²) in [5.74, 6) is 2.46. The van der Waals surface area contributed by atoms with Crippen molar-refractivity contribution in [3.8, 4) is 5.75 Å². The largest absolute Gasteiger partial charge is 0.508 e. The molecule has 0 aliphatic heterocycles. The van der Waals surface area contributed by atoms with E-state index in [4.69, 9.17) is 5.10 Å². The number of aryl methyl sites for hydroxylation is 2. The van der Waals surface area contributed by atoms with Gasteiger partial charge in [0.2, 0.25) is 0 Å². The minimum absolute atomic E-state index is 0.177. The van der Waals surface area contributed by atoms with Gasteiger partial charge in [0.05, 0.1) is 11.9 Å². The standard InChI is InChI=1S/C25H32N4O/c1-3-14-29-18(11-13-27-29)16-26-28-24-9-8-23-22-6-4-17-15-19(30)5-7-20(17)21(22)10-12-25(23,24)2/h5,7,11,13,15-16,21-23,30H,3-4,6,8-10,12,14H2,1-2H3. The third kappa shape index (κ3) is 3.19. The summed E-state index contributed by atoms with van der Waals surface area (Å²) in [5, 5.41) is 23.5. The summed E-state index contributed by atoms with van der Waals surface area (Å²) in [5.41, 5.74) is 5.34. The van der Waals surface area contributed by atoms with Gasteiger partial charge >= 0.3 is 0 Å². The number of fused-ring (bicyclic) bond motifs is 5. The smallest absolute Gasteiger partial charge is 0.115 e. The molecule has 4 unspecified atom stereocenters. The lowest BCUT2D eigenvalue weighted by Crippen LogP contribution is -2.42. The van der Waals surface area contributed by atoms with E-state index >= 15 is 0 Å². The lowest BCUT2D eigenvalue weighted by molar-refractivity contribution is 0.0955. The summed E-state index contributed by atoms with van der Waals surface area (Å²) in [6.45, 7) is 5.50. The molecule has 0 amide bonds. The van der Waals surface area contributed by atoms with Gasteiger partial charge in [0.15, 0.2) is 0 Å². The van der Waals surface area contributed by atoms with Crippen molar-refractivity contribution < 1.29 is 5.11 Å². The maximum Gasteiger partial charge on any atom is 0.115 e. The Hall–Kier alpha value is -2.43. The van der Waals surface area contributed by atoms with Gasteiger partial charge in [0.1, 0.15) is 5.75 Å². The minimum Gasteiger partial charge on any atom is -0.508 e. The van der Waals surface area contributed by atoms with Crippen molar-refractivity contribution >= 4 is 11.9 Å². The Balaban J connectivity index is 1.36. The Morgan fingerprint density at radius 2 is 2.13 bits per heavy atom. The van der Waals surface area contributed by atoms with E-state index in [0.717, 1.165) is 37.4 Å². The van der Waals surface area contributed by atoms with Crippen LogP contribution in [0.15, 0.2) is 40.7 Å². The zero-order chi connectivity index (χ0) is 20.7. The van der Waals surface area contributed by atoms with Gasteiger partial charge in [-0.15, -0.1) is 0 Å². The Bertz CT molecular complexity index is 991. The number of nitrogens with zero attached hydrogens (tertiary/aromatic N) is 4. The van der Waals surface area contributed by atoms with Gasteiger partial charge in [-0.25, -0.2) is 0 Å². The molecule has 1 N–H and O–H groups in total. The Labute approximate surface area is 178 Å². The van der Waals surface area contributed by atoms with Crippen LogP contribution in [0.1, 0.15) is 75.1 Å². The number of aromatic hydroxyl groups is 1. The fraction of sp³-hybridized carbons (Fsp3) is 0.560. The second-order valence-corrected chi connectivity index (χ2v) is 9.56. The molecule has 158 valence electrons. The molecule has 0 bridgehead atoms. The zero-order valence-electron chi connectivity index (χ0n) is 18.1. The predicted octanol–water partition coefficient (Wildman–Crippen LogP) is 5.33. The average Bonchev–Trinajstić information content (AvgIpc) is 3.32. The average molecular weight is 405 g/mol. The molecule has 5 nitrogen and oxygen atoms in total. The third-order valence-corrected chi connectivity index (χ3v) is 8.00. The highest BCUT2D eigenvalue weighted by atomic mass is 16.3. The number of phenolic OH excluding ortho intramolecular Hbond substituents is 1. The van der Waals surface area contributed by atoms with E-state index in [-0.39, 0.29) is 5.41 Å². The monoisotopic (exact) mass is 404 g/mol. The quantitative estimate of drug-likeness (QED) is 0.553. The molecule has 1 aromatic heterocycles. The topological polar surface area (TPSA) is 62.8 Å². The molecule has 1 aromatic carbocycles. The number of hydrogen-bond acceptors (Lipinski definition) is 4. The predicted molar refractivity (Wildman–Crippen MR) is 120 cm³/mol. The molecular formula is C25H32N4O. The summed E-state index contributed by atoms with van der Waals surface area (Å²) in [6, 6.07) is 8.03. The van der Waals surface area contributed by atoms with Crippen molar-refractivity contribution in [2.24, 2.45) is 27.5 Å². The van der Waals surface area contributed by atoms with Crippen LogP contribution in [0.5, 0.6) is 5.75 Å². The lowest BCUT2D eigenvalue weighted by Gasteiger charge is -2.49. The molecule has 0 spiro atoms. The first-order valence-corrected chi connectivity index (χ1v) is 11.5. The van der Waals surface area contributed by atoms with Crippen LogP contribution in [0.25, 0.3) is 0 Å². The van der Waals surface area contributed by atoms with Gasteiger partial charge in [0.25, 0.3) is 0 Å². The van der Waals surface area contributed by atoms with E-state index in [1.807, 2.05) is 35.3 Å². The number of phenols is 1. The Morgan fingerprint density at radius 3 is 3.00 bits per heavy atom. The van der Waals surface area contributed by atoms with E-state index in [0.29, 0.717) is 17.6 Å². The van der Waals surface area contributed by atoms with Crippen molar-refractivity contribution in [2.75, 3.05) is 0 Å². The molecule has 1 heterocycles. The van der Waals surface area contributed by atoms with Gasteiger partial charge in [0, 0.05) is 23.9 Å². The van der Waals surface area contributed by atoms with Crippen LogP contribution in [-0.4, -0.2) is 26.8 Å². The SMILES string of the molecule is CCCn1nccc1C=NN=C1CCC2C3CCc4cc(O)ccc4C3CCC12C. The molecular weight excluding hydrogens is 372 g/mol. The molecule has 30 heavy (non-hydrogen) atoms. The van der Waals surface area contributed by atoms with Crippen molar-refractivity contribution in [1.29, 1.82) is 0 Å². The van der Waals surface area contributed by atoms with Crippen molar-refractivity contribution in [1.82, 2.24) is 9.78 Å².